The first kappa shape index (κ1) is 15.3. The summed E-state index contributed by atoms with van der Waals surface area (Å²) in [5, 5.41) is 7.10. The first-order valence-corrected chi connectivity index (χ1v) is 7.41. The van der Waals surface area contributed by atoms with Crippen LogP contribution < -0.4 is 10.1 Å². The van der Waals surface area contributed by atoms with Gasteiger partial charge in [0.15, 0.2) is 10.8 Å². The second-order valence-corrected chi connectivity index (χ2v) is 5.81. The van der Waals surface area contributed by atoms with E-state index >= 15 is 0 Å². The number of hydrogen-bond donors (Lipinski definition) is 1. The van der Waals surface area contributed by atoms with E-state index < -0.39 is 6.61 Å². The van der Waals surface area contributed by atoms with Crippen LogP contribution in [0.3, 0.4) is 0 Å². The fourth-order valence-corrected chi connectivity index (χ4v) is 2.86. The Bertz CT molecular complexity index is 855. The van der Waals surface area contributed by atoms with Gasteiger partial charge in [0.1, 0.15) is 5.75 Å². The molecule has 3 aromatic rings. The summed E-state index contributed by atoms with van der Waals surface area (Å²) in [4.78, 5) is 16.4. The van der Waals surface area contributed by atoms with E-state index in [1.165, 1.54) is 23.5 Å². The molecule has 0 unspecified atom stereocenters. The molecule has 0 aliphatic rings. The Kier molecular flexibility index (Phi) is 3.95. The minimum absolute atomic E-state index is 0.0503. The minimum atomic E-state index is -2.88. The molecule has 0 bridgehead atoms. The number of thiazole rings is 1. The molecule has 0 aliphatic carbocycles. The molecule has 0 saturated heterocycles. The monoisotopic (exact) mass is 338 g/mol. The van der Waals surface area contributed by atoms with Gasteiger partial charge in [-0.2, -0.15) is 13.9 Å². The van der Waals surface area contributed by atoms with E-state index in [1.807, 2.05) is 6.92 Å². The Morgan fingerprint density at radius 1 is 1.39 bits per heavy atom. The standard InChI is InChI=1S/C14H12F2N4O2S/c1-7-5-10(19-20(7)2)12(21)18-14-17-9-4-3-8(22-13(15)16)6-11(9)23-14/h3-6,13H,1-2H3,(H,17,18,21). The van der Waals surface area contributed by atoms with Crippen molar-refractivity contribution >= 4 is 32.6 Å². The lowest BCUT2D eigenvalue weighted by Crippen LogP contribution is -2.12. The molecule has 0 atom stereocenters. The number of carbonyl (C=O) groups excluding carboxylic acids is 1. The number of alkyl halides is 2. The summed E-state index contributed by atoms with van der Waals surface area (Å²) in [6, 6.07) is 6.09. The summed E-state index contributed by atoms with van der Waals surface area (Å²) in [5.74, 6) is -0.328. The Labute approximate surface area is 133 Å². The normalized spacial score (nSPS) is 11.2. The zero-order valence-electron chi connectivity index (χ0n) is 12.2. The summed E-state index contributed by atoms with van der Waals surface area (Å²) in [7, 11) is 1.74. The van der Waals surface area contributed by atoms with Crippen LogP contribution in [0.2, 0.25) is 0 Å². The third kappa shape index (κ3) is 3.29. The number of halogens is 2. The van der Waals surface area contributed by atoms with Crippen molar-refractivity contribution in [3.05, 3.63) is 35.7 Å². The summed E-state index contributed by atoms with van der Waals surface area (Å²) < 4.78 is 31.0. The maximum Gasteiger partial charge on any atom is 0.387 e. The van der Waals surface area contributed by atoms with Gasteiger partial charge in [0.25, 0.3) is 5.91 Å². The van der Waals surface area contributed by atoms with Crippen LogP contribution in [0.4, 0.5) is 13.9 Å². The Morgan fingerprint density at radius 3 is 2.83 bits per heavy atom. The molecule has 0 spiro atoms. The van der Waals surface area contributed by atoms with E-state index in [2.05, 4.69) is 20.1 Å². The molecule has 0 saturated carbocycles. The van der Waals surface area contributed by atoms with Gasteiger partial charge in [-0.25, -0.2) is 4.98 Å². The molecule has 1 aromatic carbocycles. The average molecular weight is 338 g/mol. The topological polar surface area (TPSA) is 69.0 Å². The third-order valence-corrected chi connectivity index (χ3v) is 4.09. The van der Waals surface area contributed by atoms with Crippen molar-refractivity contribution < 1.29 is 18.3 Å². The number of nitrogens with zero attached hydrogens (tertiary/aromatic N) is 3. The van der Waals surface area contributed by atoms with Crippen molar-refractivity contribution in [1.82, 2.24) is 14.8 Å². The highest BCUT2D eigenvalue weighted by atomic mass is 32.1. The van der Waals surface area contributed by atoms with Crippen LogP contribution in [0.5, 0.6) is 5.75 Å². The number of aryl methyl sites for hydroxylation is 2. The molecule has 120 valence electrons. The predicted molar refractivity (Wildman–Crippen MR) is 82.2 cm³/mol. The maximum atomic E-state index is 12.2. The Morgan fingerprint density at radius 2 is 2.17 bits per heavy atom. The molecule has 2 aromatic heterocycles. The molecule has 3 rings (SSSR count). The fourth-order valence-electron chi connectivity index (χ4n) is 1.97. The predicted octanol–water partition coefficient (Wildman–Crippen LogP) is 3.19. The number of nitrogens with one attached hydrogen (secondary N) is 1. The van der Waals surface area contributed by atoms with Gasteiger partial charge in [0, 0.05) is 12.7 Å². The van der Waals surface area contributed by atoms with Crippen molar-refractivity contribution in [3.63, 3.8) is 0 Å². The van der Waals surface area contributed by atoms with Gasteiger partial charge in [0.05, 0.1) is 10.2 Å². The lowest BCUT2D eigenvalue weighted by molar-refractivity contribution is -0.0497. The van der Waals surface area contributed by atoms with Crippen molar-refractivity contribution in [2.75, 3.05) is 5.32 Å². The number of carbonyl (C=O) groups is 1. The molecule has 0 fully saturated rings. The van der Waals surface area contributed by atoms with Gasteiger partial charge in [0.2, 0.25) is 0 Å². The minimum Gasteiger partial charge on any atom is -0.435 e. The van der Waals surface area contributed by atoms with Crippen LogP contribution in [-0.2, 0) is 7.05 Å². The van der Waals surface area contributed by atoms with Crippen LogP contribution in [0.25, 0.3) is 10.2 Å². The highest BCUT2D eigenvalue weighted by molar-refractivity contribution is 7.22. The zero-order chi connectivity index (χ0) is 16.6. The second kappa shape index (κ2) is 5.92. The fraction of sp³-hybridized carbons (Fsp3) is 0.214. The lowest BCUT2D eigenvalue weighted by atomic mass is 10.3. The molecule has 1 amide bonds. The van der Waals surface area contributed by atoms with Gasteiger partial charge >= 0.3 is 6.61 Å². The van der Waals surface area contributed by atoms with E-state index in [1.54, 1.807) is 23.9 Å². The van der Waals surface area contributed by atoms with Crippen LogP contribution in [0, 0.1) is 6.92 Å². The van der Waals surface area contributed by atoms with Crippen LogP contribution >= 0.6 is 11.3 Å². The van der Waals surface area contributed by atoms with Crippen molar-refractivity contribution in [2.45, 2.75) is 13.5 Å². The van der Waals surface area contributed by atoms with E-state index in [9.17, 15) is 13.6 Å². The molecule has 23 heavy (non-hydrogen) atoms. The summed E-state index contributed by atoms with van der Waals surface area (Å²) in [6.07, 6.45) is 0. The number of fused-ring (bicyclic) bond motifs is 1. The smallest absolute Gasteiger partial charge is 0.387 e. The van der Waals surface area contributed by atoms with Crippen molar-refractivity contribution in [1.29, 1.82) is 0 Å². The second-order valence-electron chi connectivity index (χ2n) is 4.78. The van der Waals surface area contributed by atoms with Gasteiger partial charge in [-0.1, -0.05) is 11.3 Å². The summed E-state index contributed by atoms with van der Waals surface area (Å²) >= 11 is 1.17. The lowest BCUT2D eigenvalue weighted by Gasteiger charge is -2.02. The molecular weight excluding hydrogens is 326 g/mol. The number of rotatable bonds is 4. The van der Waals surface area contributed by atoms with Crippen LogP contribution in [-0.4, -0.2) is 27.3 Å². The maximum absolute atomic E-state index is 12.2. The Hall–Kier alpha value is -2.55. The van der Waals surface area contributed by atoms with Gasteiger partial charge in [-0.15, -0.1) is 0 Å². The quantitative estimate of drug-likeness (QED) is 0.793. The SMILES string of the molecule is Cc1cc(C(=O)Nc2nc3ccc(OC(F)F)cc3s2)nn1C. The molecule has 0 radical (unpaired) electrons. The summed E-state index contributed by atoms with van der Waals surface area (Å²) in [5.41, 5.74) is 1.73. The highest BCUT2D eigenvalue weighted by Crippen LogP contribution is 2.30. The van der Waals surface area contributed by atoms with E-state index in [4.69, 9.17) is 0 Å². The molecule has 6 nitrogen and oxygen atoms in total. The molecule has 1 N–H and O–H groups in total. The van der Waals surface area contributed by atoms with Gasteiger partial charge in [-0.05, 0) is 31.2 Å². The largest absolute Gasteiger partial charge is 0.435 e. The average Bonchev–Trinajstić information content (AvgIpc) is 3.01. The summed E-state index contributed by atoms with van der Waals surface area (Å²) in [6.45, 7) is -1.04. The number of aromatic nitrogens is 3. The number of anilines is 1. The van der Waals surface area contributed by atoms with Crippen LogP contribution in [0.1, 0.15) is 16.2 Å². The molecule has 2 heterocycles. The number of ether oxygens (including phenoxy) is 1. The zero-order valence-corrected chi connectivity index (χ0v) is 13.0. The van der Waals surface area contributed by atoms with E-state index in [-0.39, 0.29) is 17.4 Å². The van der Waals surface area contributed by atoms with Crippen LogP contribution in [0.15, 0.2) is 24.3 Å². The van der Waals surface area contributed by atoms with E-state index in [0.29, 0.717) is 15.3 Å². The van der Waals surface area contributed by atoms with E-state index in [0.717, 1.165) is 5.69 Å². The molecular formula is C14H12F2N4O2S. The number of benzene rings is 1. The molecule has 9 heteroatoms. The highest BCUT2D eigenvalue weighted by Gasteiger charge is 2.14. The van der Waals surface area contributed by atoms with Gasteiger partial charge < -0.3 is 4.74 Å². The van der Waals surface area contributed by atoms with Crippen molar-refractivity contribution in [2.24, 2.45) is 7.05 Å². The van der Waals surface area contributed by atoms with Crippen molar-refractivity contribution in [3.8, 4) is 5.75 Å². The first-order valence-electron chi connectivity index (χ1n) is 6.60. The van der Waals surface area contributed by atoms with Gasteiger partial charge in [-0.3, -0.25) is 14.8 Å². The number of hydrogen-bond acceptors (Lipinski definition) is 5. The first-order chi connectivity index (χ1) is 10.9. The third-order valence-electron chi connectivity index (χ3n) is 3.15. The Balaban J connectivity index is 1.81. The molecule has 0 aliphatic heterocycles. The number of amides is 1.